The van der Waals surface area contributed by atoms with Crippen molar-refractivity contribution >= 4 is 0 Å². The lowest BCUT2D eigenvalue weighted by molar-refractivity contribution is 0.366. The Morgan fingerprint density at radius 2 is 2.40 bits per heavy atom. The van der Waals surface area contributed by atoms with E-state index in [4.69, 9.17) is 0 Å². The molecule has 0 aliphatic heterocycles. The highest BCUT2D eigenvalue weighted by atomic mass is 16.3. The Kier molecular flexibility index (Phi) is 2.33. The van der Waals surface area contributed by atoms with Crippen molar-refractivity contribution in [3.63, 3.8) is 0 Å². The molecule has 1 rings (SSSR count). The summed E-state index contributed by atoms with van der Waals surface area (Å²) >= 11 is 0. The van der Waals surface area contributed by atoms with E-state index >= 15 is 0 Å². The van der Waals surface area contributed by atoms with E-state index in [1.165, 1.54) is 0 Å². The fourth-order valence-electron chi connectivity index (χ4n) is 1.18. The highest BCUT2D eigenvalue weighted by Crippen LogP contribution is 2.21. The molecule has 0 fully saturated rings. The molecule has 1 radical (unpaired) electrons. The van der Waals surface area contributed by atoms with E-state index < -0.39 is 0 Å². The molecule has 2 N–H and O–H groups in total. The van der Waals surface area contributed by atoms with E-state index in [0.717, 1.165) is 18.4 Å². The molecule has 0 aromatic carbocycles. The molecule has 10 heavy (non-hydrogen) atoms. The van der Waals surface area contributed by atoms with E-state index in [2.05, 4.69) is 11.7 Å². The van der Waals surface area contributed by atoms with Gasteiger partial charge in [-0.15, -0.1) is 0 Å². The van der Waals surface area contributed by atoms with Crippen LogP contribution in [0.4, 0.5) is 0 Å². The monoisotopic (exact) mass is 140 g/mol. The molecule has 57 valence electrons. The van der Waals surface area contributed by atoms with Gasteiger partial charge in [0.05, 0.1) is 5.76 Å². The van der Waals surface area contributed by atoms with Gasteiger partial charge in [-0.2, -0.15) is 0 Å². The molecule has 0 bridgehead atoms. The lowest BCUT2D eigenvalue weighted by atomic mass is 9.94. The van der Waals surface area contributed by atoms with E-state index in [1.807, 2.05) is 14.0 Å². The number of rotatable bonds is 1. The zero-order valence-corrected chi connectivity index (χ0v) is 6.52. The fourth-order valence-corrected chi connectivity index (χ4v) is 1.18. The van der Waals surface area contributed by atoms with Crippen LogP contribution in [-0.2, 0) is 0 Å². The number of hydrogen-bond acceptors (Lipinski definition) is 2. The first-order chi connectivity index (χ1) is 4.74. The van der Waals surface area contributed by atoms with Gasteiger partial charge in [0.15, 0.2) is 0 Å². The zero-order chi connectivity index (χ0) is 7.56. The molecular formula is C8H14NO. The number of nitrogens with one attached hydrogen (secondary N) is 1. The van der Waals surface area contributed by atoms with Gasteiger partial charge < -0.3 is 10.4 Å². The van der Waals surface area contributed by atoms with E-state index in [9.17, 15) is 5.11 Å². The van der Waals surface area contributed by atoms with Crippen LogP contribution in [0.1, 0.15) is 19.8 Å². The maximum absolute atomic E-state index is 9.21. The minimum atomic E-state index is 0.455. The standard InChI is InChI=1S/C8H14NO/c1-6-5-7(9-2)3-4-8(6)10/h3,7,9-10H,4-5H2,1-2H3. The number of hydrogen-bond donors (Lipinski definition) is 2. The van der Waals surface area contributed by atoms with Crippen LogP contribution in [0, 0.1) is 6.42 Å². The van der Waals surface area contributed by atoms with Crippen LogP contribution < -0.4 is 5.32 Å². The van der Waals surface area contributed by atoms with Crippen LogP contribution in [0.5, 0.6) is 0 Å². The van der Waals surface area contributed by atoms with Crippen LogP contribution in [-0.4, -0.2) is 18.2 Å². The maximum Gasteiger partial charge on any atom is 0.0915 e. The molecular weight excluding hydrogens is 126 g/mol. The van der Waals surface area contributed by atoms with E-state index in [-0.39, 0.29) is 0 Å². The van der Waals surface area contributed by atoms with Crippen molar-refractivity contribution in [3.8, 4) is 0 Å². The summed E-state index contributed by atoms with van der Waals surface area (Å²) in [6.07, 6.45) is 3.77. The van der Waals surface area contributed by atoms with Crippen molar-refractivity contribution in [3.05, 3.63) is 17.8 Å². The van der Waals surface area contributed by atoms with Gasteiger partial charge in [-0.25, -0.2) is 0 Å². The second kappa shape index (κ2) is 3.06. The molecule has 0 saturated carbocycles. The van der Waals surface area contributed by atoms with Gasteiger partial charge in [0.1, 0.15) is 0 Å². The molecule has 0 aromatic heterocycles. The van der Waals surface area contributed by atoms with Crippen molar-refractivity contribution < 1.29 is 5.11 Å². The predicted molar refractivity (Wildman–Crippen MR) is 41.7 cm³/mol. The van der Waals surface area contributed by atoms with Gasteiger partial charge in [0, 0.05) is 12.5 Å². The minimum absolute atomic E-state index is 0.455. The number of aliphatic hydroxyl groups is 1. The van der Waals surface area contributed by atoms with Gasteiger partial charge in [-0.3, -0.25) is 0 Å². The summed E-state index contributed by atoms with van der Waals surface area (Å²) in [6.45, 7) is 1.98. The van der Waals surface area contributed by atoms with Gasteiger partial charge in [0.25, 0.3) is 0 Å². The van der Waals surface area contributed by atoms with Crippen LogP contribution in [0.15, 0.2) is 11.3 Å². The highest BCUT2D eigenvalue weighted by molar-refractivity contribution is 5.15. The molecule has 0 heterocycles. The van der Waals surface area contributed by atoms with Crippen LogP contribution in [0.25, 0.3) is 0 Å². The van der Waals surface area contributed by atoms with Crippen molar-refractivity contribution in [2.75, 3.05) is 7.05 Å². The summed E-state index contributed by atoms with van der Waals surface area (Å²) in [5, 5.41) is 12.4. The van der Waals surface area contributed by atoms with Crippen LogP contribution in [0.2, 0.25) is 0 Å². The third-order valence-electron chi connectivity index (χ3n) is 1.99. The van der Waals surface area contributed by atoms with E-state index in [0.29, 0.717) is 11.8 Å². The highest BCUT2D eigenvalue weighted by Gasteiger charge is 2.15. The summed E-state index contributed by atoms with van der Waals surface area (Å²) in [6, 6.07) is 0.455. The summed E-state index contributed by atoms with van der Waals surface area (Å²) in [5.41, 5.74) is 1.11. The fraction of sp³-hybridized carbons (Fsp3) is 0.625. The summed E-state index contributed by atoms with van der Waals surface area (Å²) in [4.78, 5) is 0. The van der Waals surface area contributed by atoms with Crippen molar-refractivity contribution in [2.24, 2.45) is 0 Å². The molecule has 1 atom stereocenters. The average Bonchev–Trinajstić information content (AvgIpc) is 1.95. The Morgan fingerprint density at radius 3 is 2.90 bits per heavy atom. The lowest BCUT2D eigenvalue weighted by Crippen LogP contribution is -2.28. The Bertz CT molecular complexity index is 151. The first-order valence-corrected chi connectivity index (χ1v) is 3.62. The number of allylic oxidation sites excluding steroid dienone is 1. The normalized spacial score (nSPS) is 27.2. The maximum atomic E-state index is 9.21. The first kappa shape index (κ1) is 7.61. The smallest absolute Gasteiger partial charge is 0.0915 e. The Hall–Kier alpha value is -0.500. The van der Waals surface area contributed by atoms with Gasteiger partial charge in [-0.05, 0) is 32.4 Å². The lowest BCUT2D eigenvalue weighted by Gasteiger charge is -2.21. The predicted octanol–water partition coefficient (Wildman–Crippen LogP) is 1.40. The Balaban J connectivity index is 2.54. The molecule has 0 saturated heterocycles. The molecule has 1 unspecified atom stereocenters. The molecule has 1 aliphatic rings. The summed E-state index contributed by atoms with van der Waals surface area (Å²) in [5.74, 6) is 0.548. The molecule has 2 nitrogen and oxygen atoms in total. The van der Waals surface area contributed by atoms with Crippen LogP contribution in [0.3, 0.4) is 0 Å². The molecule has 0 spiro atoms. The van der Waals surface area contributed by atoms with Gasteiger partial charge in [0.2, 0.25) is 0 Å². The van der Waals surface area contributed by atoms with E-state index in [1.54, 1.807) is 0 Å². The van der Waals surface area contributed by atoms with Crippen LogP contribution >= 0.6 is 0 Å². The average molecular weight is 140 g/mol. The summed E-state index contributed by atoms with van der Waals surface area (Å²) in [7, 11) is 1.94. The second-order valence-corrected chi connectivity index (χ2v) is 2.77. The van der Waals surface area contributed by atoms with Crippen molar-refractivity contribution in [1.29, 1.82) is 0 Å². The molecule has 0 amide bonds. The van der Waals surface area contributed by atoms with Crippen molar-refractivity contribution in [1.82, 2.24) is 5.32 Å². The summed E-state index contributed by atoms with van der Waals surface area (Å²) < 4.78 is 0. The molecule has 1 aliphatic carbocycles. The SMILES string of the molecule is CNC1[CH]CC(O)=C(C)C1. The third kappa shape index (κ3) is 1.51. The van der Waals surface area contributed by atoms with Gasteiger partial charge in [-0.1, -0.05) is 0 Å². The topological polar surface area (TPSA) is 32.3 Å². The molecule has 0 aromatic rings. The second-order valence-electron chi connectivity index (χ2n) is 2.77. The quantitative estimate of drug-likeness (QED) is 0.577. The zero-order valence-electron chi connectivity index (χ0n) is 6.52. The largest absolute Gasteiger partial charge is 0.512 e. The van der Waals surface area contributed by atoms with Crippen molar-refractivity contribution in [2.45, 2.75) is 25.8 Å². The number of aliphatic hydroxyl groups excluding tert-OH is 1. The Labute approximate surface area is 61.9 Å². The Morgan fingerprint density at radius 1 is 1.70 bits per heavy atom. The van der Waals surface area contributed by atoms with Gasteiger partial charge >= 0.3 is 0 Å². The first-order valence-electron chi connectivity index (χ1n) is 3.62. The molecule has 2 heteroatoms. The minimum Gasteiger partial charge on any atom is -0.512 e. The third-order valence-corrected chi connectivity index (χ3v) is 1.99.